The Morgan fingerprint density at radius 1 is 1.07 bits per heavy atom. The van der Waals surface area contributed by atoms with Gasteiger partial charge in [0.05, 0.1) is 0 Å². The SMILES string of the molecule is c1cc2c(cc1N1CCCCC1)COO2. The Bertz CT molecular complexity index is 359. The molecule has 2 aliphatic rings. The van der Waals surface area contributed by atoms with Gasteiger partial charge in [-0.15, -0.1) is 0 Å². The summed E-state index contributed by atoms with van der Waals surface area (Å²) >= 11 is 0. The van der Waals surface area contributed by atoms with Gasteiger partial charge >= 0.3 is 0 Å². The molecule has 1 aromatic carbocycles. The summed E-state index contributed by atoms with van der Waals surface area (Å²) in [6.07, 6.45) is 3.99. The first-order valence-electron chi connectivity index (χ1n) is 5.61. The van der Waals surface area contributed by atoms with Crippen molar-refractivity contribution in [2.45, 2.75) is 25.9 Å². The fourth-order valence-electron chi connectivity index (χ4n) is 2.27. The minimum absolute atomic E-state index is 0.580. The van der Waals surface area contributed by atoms with Crippen LogP contribution >= 0.6 is 0 Å². The average Bonchev–Trinajstić information content (AvgIpc) is 2.77. The normalized spacial score (nSPS) is 19.9. The minimum Gasteiger partial charge on any atom is -0.372 e. The number of hydrogen-bond donors (Lipinski definition) is 0. The van der Waals surface area contributed by atoms with Crippen molar-refractivity contribution in [3.05, 3.63) is 23.8 Å². The van der Waals surface area contributed by atoms with E-state index >= 15 is 0 Å². The lowest BCUT2D eigenvalue weighted by Gasteiger charge is -2.28. The molecule has 3 nitrogen and oxygen atoms in total. The van der Waals surface area contributed by atoms with E-state index in [1.807, 2.05) is 6.07 Å². The molecular formula is C12H15NO2. The molecule has 0 N–H and O–H groups in total. The van der Waals surface area contributed by atoms with Crippen molar-refractivity contribution >= 4 is 5.69 Å². The van der Waals surface area contributed by atoms with Gasteiger partial charge in [-0.3, -0.25) is 0 Å². The maximum absolute atomic E-state index is 5.02. The van der Waals surface area contributed by atoms with E-state index in [2.05, 4.69) is 17.0 Å². The van der Waals surface area contributed by atoms with Crippen LogP contribution < -0.4 is 9.79 Å². The Labute approximate surface area is 89.5 Å². The van der Waals surface area contributed by atoms with E-state index in [1.54, 1.807) is 0 Å². The second kappa shape index (κ2) is 3.74. The van der Waals surface area contributed by atoms with Crippen molar-refractivity contribution in [2.75, 3.05) is 18.0 Å². The number of fused-ring (bicyclic) bond motifs is 1. The summed E-state index contributed by atoms with van der Waals surface area (Å²) in [5.74, 6) is 0.871. The zero-order valence-corrected chi connectivity index (χ0v) is 8.74. The zero-order chi connectivity index (χ0) is 10.1. The largest absolute Gasteiger partial charge is 0.372 e. The number of nitrogens with zero attached hydrogens (tertiary/aromatic N) is 1. The van der Waals surface area contributed by atoms with Crippen molar-refractivity contribution in [3.63, 3.8) is 0 Å². The summed E-state index contributed by atoms with van der Waals surface area (Å²) in [6, 6.07) is 6.32. The van der Waals surface area contributed by atoms with Crippen molar-refractivity contribution in [1.82, 2.24) is 0 Å². The number of benzene rings is 1. The van der Waals surface area contributed by atoms with Gasteiger partial charge in [0, 0.05) is 24.3 Å². The first-order chi connectivity index (χ1) is 7.43. The van der Waals surface area contributed by atoms with Gasteiger partial charge in [-0.25, -0.2) is 0 Å². The molecule has 2 aliphatic heterocycles. The molecule has 0 aliphatic carbocycles. The van der Waals surface area contributed by atoms with Gasteiger partial charge in [0.2, 0.25) is 0 Å². The van der Waals surface area contributed by atoms with Crippen LogP contribution in [-0.2, 0) is 11.5 Å². The van der Waals surface area contributed by atoms with Crippen molar-refractivity contribution in [3.8, 4) is 5.75 Å². The molecule has 0 unspecified atom stereocenters. The third-order valence-electron chi connectivity index (χ3n) is 3.13. The van der Waals surface area contributed by atoms with Crippen molar-refractivity contribution in [2.24, 2.45) is 0 Å². The lowest BCUT2D eigenvalue weighted by atomic mass is 10.1. The Kier molecular flexibility index (Phi) is 2.25. The topological polar surface area (TPSA) is 21.7 Å². The van der Waals surface area contributed by atoms with Gasteiger partial charge in [-0.2, -0.15) is 4.89 Å². The second-order valence-electron chi connectivity index (χ2n) is 4.19. The maximum atomic E-state index is 5.02. The zero-order valence-electron chi connectivity index (χ0n) is 8.74. The number of anilines is 1. The highest BCUT2D eigenvalue weighted by molar-refractivity contribution is 5.53. The lowest BCUT2D eigenvalue weighted by Crippen LogP contribution is -2.29. The molecular weight excluding hydrogens is 190 g/mol. The molecule has 1 saturated heterocycles. The predicted octanol–water partition coefficient (Wildman–Crippen LogP) is 2.50. The first-order valence-corrected chi connectivity index (χ1v) is 5.61. The summed E-state index contributed by atoms with van der Waals surface area (Å²) in [6.45, 7) is 2.94. The molecule has 1 fully saturated rings. The van der Waals surface area contributed by atoms with E-state index in [1.165, 1.54) is 38.0 Å². The van der Waals surface area contributed by atoms with E-state index in [-0.39, 0.29) is 0 Å². The van der Waals surface area contributed by atoms with E-state index in [9.17, 15) is 0 Å². The number of hydrogen-bond acceptors (Lipinski definition) is 3. The number of piperidine rings is 1. The third kappa shape index (κ3) is 1.67. The highest BCUT2D eigenvalue weighted by Gasteiger charge is 2.17. The molecule has 0 spiro atoms. The van der Waals surface area contributed by atoms with Gasteiger partial charge in [-0.05, 0) is 37.5 Å². The summed E-state index contributed by atoms with van der Waals surface area (Å²) in [5.41, 5.74) is 2.47. The van der Waals surface area contributed by atoms with Gasteiger partial charge < -0.3 is 9.79 Å². The fourth-order valence-corrected chi connectivity index (χ4v) is 2.27. The highest BCUT2D eigenvalue weighted by Crippen LogP contribution is 2.31. The van der Waals surface area contributed by atoms with Crippen LogP contribution in [-0.4, -0.2) is 13.1 Å². The van der Waals surface area contributed by atoms with Gasteiger partial charge in [0.1, 0.15) is 6.61 Å². The summed E-state index contributed by atoms with van der Waals surface area (Å²) in [5, 5.41) is 0. The predicted molar refractivity (Wildman–Crippen MR) is 57.9 cm³/mol. The van der Waals surface area contributed by atoms with Crippen LogP contribution in [0.5, 0.6) is 5.75 Å². The van der Waals surface area contributed by atoms with Gasteiger partial charge in [0.25, 0.3) is 0 Å². The molecule has 0 atom stereocenters. The molecule has 0 amide bonds. The quantitative estimate of drug-likeness (QED) is 0.657. The lowest BCUT2D eigenvalue weighted by molar-refractivity contribution is -0.194. The molecule has 0 radical (unpaired) electrons. The Balaban J connectivity index is 1.85. The second-order valence-corrected chi connectivity index (χ2v) is 4.19. The molecule has 1 aromatic rings. The molecule has 2 heterocycles. The van der Waals surface area contributed by atoms with E-state index in [0.29, 0.717) is 6.61 Å². The molecule has 0 saturated carbocycles. The van der Waals surface area contributed by atoms with Crippen molar-refractivity contribution in [1.29, 1.82) is 0 Å². The van der Waals surface area contributed by atoms with Crippen LogP contribution in [0.25, 0.3) is 0 Å². The third-order valence-corrected chi connectivity index (χ3v) is 3.13. The Hall–Kier alpha value is -1.22. The monoisotopic (exact) mass is 205 g/mol. The Morgan fingerprint density at radius 3 is 2.80 bits per heavy atom. The highest BCUT2D eigenvalue weighted by atomic mass is 17.2. The Morgan fingerprint density at radius 2 is 1.93 bits per heavy atom. The van der Waals surface area contributed by atoms with E-state index in [0.717, 1.165) is 11.3 Å². The van der Waals surface area contributed by atoms with Crippen molar-refractivity contribution < 1.29 is 9.78 Å². The van der Waals surface area contributed by atoms with E-state index in [4.69, 9.17) is 9.78 Å². The summed E-state index contributed by atoms with van der Waals surface area (Å²) < 4.78 is 0. The minimum atomic E-state index is 0.580. The van der Waals surface area contributed by atoms with Crippen LogP contribution in [0.15, 0.2) is 18.2 Å². The van der Waals surface area contributed by atoms with Crippen LogP contribution in [0, 0.1) is 0 Å². The number of rotatable bonds is 1. The molecule has 3 heteroatoms. The summed E-state index contributed by atoms with van der Waals surface area (Å²) in [7, 11) is 0. The first kappa shape index (κ1) is 9.04. The smallest absolute Gasteiger partial charge is 0.171 e. The van der Waals surface area contributed by atoms with Crippen LogP contribution in [0.4, 0.5) is 5.69 Å². The van der Waals surface area contributed by atoms with Crippen LogP contribution in [0.3, 0.4) is 0 Å². The molecule has 0 bridgehead atoms. The standard InChI is InChI=1S/C12H15NO2/c1-2-6-13(7-3-1)11-4-5-12-10(8-11)9-14-15-12/h4-5,8H,1-3,6-7,9H2. The summed E-state index contributed by atoms with van der Waals surface area (Å²) in [4.78, 5) is 12.4. The van der Waals surface area contributed by atoms with Crippen LogP contribution in [0.2, 0.25) is 0 Å². The fraction of sp³-hybridized carbons (Fsp3) is 0.500. The molecule has 0 aromatic heterocycles. The van der Waals surface area contributed by atoms with Gasteiger partial charge in [0.15, 0.2) is 5.75 Å². The van der Waals surface area contributed by atoms with E-state index < -0.39 is 0 Å². The average molecular weight is 205 g/mol. The maximum Gasteiger partial charge on any atom is 0.171 e. The molecule has 15 heavy (non-hydrogen) atoms. The molecule has 80 valence electrons. The van der Waals surface area contributed by atoms with Gasteiger partial charge in [-0.1, -0.05) is 0 Å². The molecule has 3 rings (SSSR count). The van der Waals surface area contributed by atoms with Crippen LogP contribution in [0.1, 0.15) is 24.8 Å².